The SMILES string of the molecule is COC(=NCCN1CCCCC1)NC(=O)c1ccc(C(F)(F)F)cc1. The predicted molar refractivity (Wildman–Crippen MR) is 88.5 cm³/mol. The van der Waals surface area contributed by atoms with Crippen LogP contribution in [0, 0.1) is 0 Å². The lowest BCUT2D eigenvalue weighted by Gasteiger charge is -2.25. The second-order valence-corrected chi connectivity index (χ2v) is 5.82. The van der Waals surface area contributed by atoms with Crippen LogP contribution in [0.25, 0.3) is 0 Å². The van der Waals surface area contributed by atoms with E-state index < -0.39 is 17.6 Å². The first kappa shape index (κ1) is 19.2. The van der Waals surface area contributed by atoms with Crippen LogP contribution in [0.2, 0.25) is 0 Å². The number of methoxy groups -OCH3 is 1. The number of hydrogen-bond donors (Lipinski definition) is 1. The van der Waals surface area contributed by atoms with Gasteiger partial charge in [0, 0.05) is 12.1 Å². The molecule has 25 heavy (non-hydrogen) atoms. The highest BCUT2D eigenvalue weighted by Gasteiger charge is 2.30. The van der Waals surface area contributed by atoms with Crippen LogP contribution in [0.4, 0.5) is 13.2 Å². The largest absolute Gasteiger partial charge is 0.468 e. The number of carbonyl (C=O) groups is 1. The molecular formula is C17H22F3N3O2. The van der Waals surface area contributed by atoms with Gasteiger partial charge in [-0.25, -0.2) is 4.99 Å². The highest BCUT2D eigenvalue weighted by molar-refractivity contribution is 6.04. The molecule has 1 aromatic rings. The Morgan fingerprint density at radius 1 is 1.20 bits per heavy atom. The highest BCUT2D eigenvalue weighted by atomic mass is 19.4. The zero-order valence-electron chi connectivity index (χ0n) is 14.1. The number of amidine groups is 1. The van der Waals surface area contributed by atoms with Gasteiger partial charge in [0.1, 0.15) is 0 Å². The number of hydrogen-bond acceptors (Lipinski definition) is 4. The van der Waals surface area contributed by atoms with Crippen LogP contribution >= 0.6 is 0 Å². The Labute approximate surface area is 144 Å². The second-order valence-electron chi connectivity index (χ2n) is 5.82. The Morgan fingerprint density at radius 2 is 1.84 bits per heavy atom. The first-order valence-electron chi connectivity index (χ1n) is 8.19. The first-order chi connectivity index (χ1) is 11.9. The molecule has 2 rings (SSSR count). The quantitative estimate of drug-likeness (QED) is 0.666. The summed E-state index contributed by atoms with van der Waals surface area (Å²) in [6.07, 6.45) is -0.800. The summed E-state index contributed by atoms with van der Waals surface area (Å²) in [5.41, 5.74) is -0.694. The van der Waals surface area contributed by atoms with E-state index >= 15 is 0 Å². The van der Waals surface area contributed by atoms with Crippen molar-refractivity contribution in [3.63, 3.8) is 0 Å². The number of piperidine rings is 1. The molecule has 0 spiro atoms. The van der Waals surface area contributed by atoms with Gasteiger partial charge in [0.2, 0.25) is 0 Å². The maximum absolute atomic E-state index is 12.5. The van der Waals surface area contributed by atoms with E-state index in [4.69, 9.17) is 4.74 Å². The molecule has 0 bridgehead atoms. The van der Waals surface area contributed by atoms with Crippen LogP contribution < -0.4 is 5.32 Å². The number of ether oxygens (including phenoxy) is 1. The third-order valence-corrected chi connectivity index (χ3v) is 4.01. The number of benzene rings is 1. The number of nitrogens with one attached hydrogen (secondary N) is 1. The molecule has 5 nitrogen and oxygen atoms in total. The van der Waals surface area contributed by atoms with Gasteiger partial charge >= 0.3 is 6.18 Å². The summed E-state index contributed by atoms with van der Waals surface area (Å²) in [5.74, 6) is -0.563. The maximum atomic E-state index is 12.5. The molecule has 1 aliphatic heterocycles. The lowest BCUT2D eigenvalue weighted by molar-refractivity contribution is -0.137. The van der Waals surface area contributed by atoms with Gasteiger partial charge in [-0.05, 0) is 50.2 Å². The van der Waals surface area contributed by atoms with Crippen LogP contribution in [-0.4, -0.2) is 50.1 Å². The fourth-order valence-corrected chi connectivity index (χ4v) is 2.61. The van der Waals surface area contributed by atoms with Gasteiger partial charge in [-0.15, -0.1) is 0 Å². The number of amides is 1. The minimum Gasteiger partial charge on any atom is -0.468 e. The lowest BCUT2D eigenvalue weighted by atomic mass is 10.1. The van der Waals surface area contributed by atoms with Gasteiger partial charge in [0.25, 0.3) is 11.9 Å². The van der Waals surface area contributed by atoms with Crippen molar-refractivity contribution < 1.29 is 22.7 Å². The molecule has 0 saturated carbocycles. The molecule has 0 aliphatic carbocycles. The fraction of sp³-hybridized carbons (Fsp3) is 0.529. The van der Waals surface area contributed by atoms with E-state index in [0.29, 0.717) is 6.54 Å². The van der Waals surface area contributed by atoms with Crippen LogP contribution in [0.5, 0.6) is 0 Å². The molecule has 1 aliphatic rings. The van der Waals surface area contributed by atoms with Gasteiger partial charge < -0.3 is 9.64 Å². The fourth-order valence-electron chi connectivity index (χ4n) is 2.61. The molecule has 1 heterocycles. The zero-order valence-corrected chi connectivity index (χ0v) is 14.1. The maximum Gasteiger partial charge on any atom is 0.416 e. The molecule has 8 heteroatoms. The Balaban J connectivity index is 1.88. The van der Waals surface area contributed by atoms with Crippen molar-refractivity contribution in [2.75, 3.05) is 33.3 Å². The van der Waals surface area contributed by atoms with E-state index in [0.717, 1.165) is 43.9 Å². The zero-order chi connectivity index (χ0) is 18.3. The predicted octanol–water partition coefficient (Wildman–Crippen LogP) is 2.92. The van der Waals surface area contributed by atoms with Crippen LogP contribution in [0.1, 0.15) is 35.2 Å². The van der Waals surface area contributed by atoms with Gasteiger partial charge in [-0.3, -0.25) is 10.1 Å². The summed E-state index contributed by atoms with van der Waals surface area (Å²) in [6.45, 7) is 3.37. The number of halogens is 3. The Kier molecular flexibility index (Phi) is 6.81. The Morgan fingerprint density at radius 3 is 2.40 bits per heavy atom. The molecule has 0 aromatic heterocycles. The third kappa shape index (κ3) is 6.04. The second kappa shape index (κ2) is 8.84. The summed E-state index contributed by atoms with van der Waals surface area (Å²) in [5, 5.41) is 2.47. The molecule has 0 atom stereocenters. The number of nitrogens with zero attached hydrogens (tertiary/aromatic N) is 2. The van der Waals surface area contributed by atoms with Gasteiger partial charge in [-0.2, -0.15) is 13.2 Å². The molecule has 0 unspecified atom stereocenters. The Bertz CT molecular complexity index is 594. The topological polar surface area (TPSA) is 53.9 Å². The van der Waals surface area contributed by atoms with E-state index in [1.165, 1.54) is 26.4 Å². The summed E-state index contributed by atoms with van der Waals surface area (Å²) in [6, 6.07) is 4.05. The summed E-state index contributed by atoms with van der Waals surface area (Å²) in [7, 11) is 1.38. The lowest BCUT2D eigenvalue weighted by Crippen LogP contribution is -2.34. The number of likely N-dealkylation sites (tertiary alicyclic amines) is 1. The van der Waals surface area contributed by atoms with E-state index in [9.17, 15) is 18.0 Å². The van der Waals surface area contributed by atoms with Crippen LogP contribution in [0.3, 0.4) is 0 Å². The van der Waals surface area contributed by atoms with E-state index in [1.807, 2.05) is 0 Å². The highest BCUT2D eigenvalue weighted by Crippen LogP contribution is 2.29. The van der Waals surface area contributed by atoms with E-state index in [1.54, 1.807) is 0 Å². The average Bonchev–Trinajstić information content (AvgIpc) is 2.61. The van der Waals surface area contributed by atoms with Crippen molar-refractivity contribution in [1.29, 1.82) is 0 Å². The van der Waals surface area contributed by atoms with Crippen molar-refractivity contribution in [3.05, 3.63) is 35.4 Å². The standard InChI is InChI=1S/C17H22F3N3O2/c1-25-16(21-9-12-23-10-3-2-4-11-23)22-15(24)13-5-7-14(8-6-13)17(18,19)20/h5-8H,2-4,9-12H2,1H3,(H,21,22,24). The van der Waals surface area contributed by atoms with Gasteiger partial charge in [-0.1, -0.05) is 6.42 Å². The molecule has 1 amide bonds. The Hall–Kier alpha value is -2.09. The summed E-state index contributed by atoms with van der Waals surface area (Å²) >= 11 is 0. The van der Waals surface area contributed by atoms with E-state index in [-0.39, 0.29) is 11.6 Å². The molecule has 1 saturated heterocycles. The molecule has 1 N–H and O–H groups in total. The van der Waals surface area contributed by atoms with Crippen molar-refractivity contribution >= 4 is 11.9 Å². The minimum atomic E-state index is -4.43. The van der Waals surface area contributed by atoms with Crippen molar-refractivity contribution in [3.8, 4) is 0 Å². The molecule has 1 aromatic carbocycles. The third-order valence-electron chi connectivity index (χ3n) is 4.01. The first-order valence-corrected chi connectivity index (χ1v) is 8.19. The molecular weight excluding hydrogens is 335 g/mol. The number of rotatable bonds is 4. The molecule has 0 radical (unpaired) electrons. The number of aliphatic imine (C=N–C) groups is 1. The van der Waals surface area contributed by atoms with Crippen molar-refractivity contribution in [2.24, 2.45) is 4.99 Å². The molecule has 1 fully saturated rings. The summed E-state index contributed by atoms with van der Waals surface area (Å²) < 4.78 is 42.6. The number of alkyl halides is 3. The molecule has 138 valence electrons. The number of carbonyl (C=O) groups excluding carboxylic acids is 1. The van der Waals surface area contributed by atoms with Gasteiger partial charge in [0.05, 0.1) is 19.2 Å². The van der Waals surface area contributed by atoms with E-state index in [2.05, 4.69) is 15.2 Å². The smallest absolute Gasteiger partial charge is 0.416 e. The normalized spacial score (nSPS) is 16.6. The average molecular weight is 357 g/mol. The van der Waals surface area contributed by atoms with Crippen LogP contribution in [-0.2, 0) is 10.9 Å². The summed E-state index contributed by atoms with van der Waals surface area (Å²) in [4.78, 5) is 18.6. The van der Waals surface area contributed by atoms with Crippen molar-refractivity contribution in [1.82, 2.24) is 10.2 Å². The van der Waals surface area contributed by atoms with Crippen LogP contribution in [0.15, 0.2) is 29.3 Å². The van der Waals surface area contributed by atoms with Gasteiger partial charge in [0.15, 0.2) is 0 Å². The minimum absolute atomic E-state index is 0.0573. The monoisotopic (exact) mass is 357 g/mol. The van der Waals surface area contributed by atoms with Crippen molar-refractivity contribution in [2.45, 2.75) is 25.4 Å².